The van der Waals surface area contributed by atoms with E-state index in [2.05, 4.69) is 0 Å². The number of furan rings is 1. The number of hydrogen-bond acceptors (Lipinski definition) is 4. The number of thioether (sulfide) groups is 1. The van der Waals surface area contributed by atoms with Gasteiger partial charge in [-0.1, -0.05) is 65.9 Å². The topological polar surface area (TPSA) is 33.5 Å². The maximum atomic E-state index is 13.0. The van der Waals surface area contributed by atoms with Crippen LogP contribution in [0.5, 0.6) is 0 Å². The van der Waals surface area contributed by atoms with Crippen LogP contribution in [0.1, 0.15) is 16.9 Å². The zero-order valence-electron chi connectivity index (χ0n) is 15.2. The minimum Gasteiger partial charge on any atom is -0.457 e. The van der Waals surface area contributed by atoms with E-state index in [0.29, 0.717) is 25.8 Å². The molecule has 1 fully saturated rings. The van der Waals surface area contributed by atoms with Crippen molar-refractivity contribution in [1.82, 2.24) is 0 Å². The summed E-state index contributed by atoms with van der Waals surface area (Å²) >= 11 is 12.8. The number of hydrogen-bond donors (Lipinski definition) is 0. The first-order valence-electron chi connectivity index (χ1n) is 8.64. The molecule has 2 aromatic carbocycles. The van der Waals surface area contributed by atoms with Crippen molar-refractivity contribution in [1.29, 1.82) is 0 Å². The average Bonchev–Trinajstić information content (AvgIpc) is 3.22. The fourth-order valence-corrected chi connectivity index (χ4v) is 4.62. The molecule has 0 unspecified atom stereocenters. The molecule has 3 aromatic rings. The Morgan fingerprint density at radius 2 is 1.79 bits per heavy atom. The highest BCUT2D eigenvalue weighted by molar-refractivity contribution is 8.27. The molecule has 0 saturated carbocycles. The van der Waals surface area contributed by atoms with Gasteiger partial charge in [-0.2, -0.15) is 0 Å². The van der Waals surface area contributed by atoms with Crippen LogP contribution in [-0.2, 0) is 4.79 Å². The second kappa shape index (κ2) is 7.59. The Morgan fingerprint density at radius 1 is 1.07 bits per heavy atom. The number of nitrogens with zero attached hydrogens (tertiary/aromatic N) is 1. The molecule has 0 N–H and O–H groups in total. The fraction of sp³-hybridized carbons (Fsp3) is 0.0909. The highest BCUT2D eigenvalue weighted by Crippen LogP contribution is 2.39. The second-order valence-electron chi connectivity index (χ2n) is 6.47. The summed E-state index contributed by atoms with van der Waals surface area (Å²) in [6.07, 6.45) is 1.74. The Labute approximate surface area is 178 Å². The molecule has 1 saturated heterocycles. The van der Waals surface area contributed by atoms with E-state index < -0.39 is 0 Å². The molecule has 0 bridgehead atoms. The molecule has 1 aromatic heterocycles. The Morgan fingerprint density at radius 3 is 2.50 bits per heavy atom. The fourth-order valence-electron chi connectivity index (χ4n) is 3.18. The molecule has 6 heteroatoms. The molecule has 0 radical (unpaired) electrons. The van der Waals surface area contributed by atoms with E-state index in [9.17, 15) is 4.79 Å². The molecule has 0 atom stereocenters. The zero-order valence-corrected chi connectivity index (χ0v) is 17.6. The van der Waals surface area contributed by atoms with Crippen LogP contribution >= 0.6 is 35.6 Å². The molecule has 140 valence electrons. The van der Waals surface area contributed by atoms with E-state index >= 15 is 0 Å². The lowest BCUT2D eigenvalue weighted by atomic mass is 10.1. The van der Waals surface area contributed by atoms with Crippen LogP contribution in [0.25, 0.3) is 17.4 Å². The summed E-state index contributed by atoms with van der Waals surface area (Å²) in [5.41, 5.74) is 3.76. The predicted molar refractivity (Wildman–Crippen MR) is 121 cm³/mol. The lowest BCUT2D eigenvalue weighted by molar-refractivity contribution is -0.113. The molecule has 4 rings (SSSR count). The molecule has 1 aliphatic rings. The minimum atomic E-state index is -0.131. The van der Waals surface area contributed by atoms with Crippen LogP contribution in [0, 0.1) is 13.8 Å². The van der Waals surface area contributed by atoms with Crippen LogP contribution < -0.4 is 4.90 Å². The number of carbonyl (C=O) groups is 1. The van der Waals surface area contributed by atoms with Gasteiger partial charge < -0.3 is 4.42 Å². The molecular formula is C22H16ClNO2S2. The largest absolute Gasteiger partial charge is 0.457 e. The second-order valence-corrected chi connectivity index (χ2v) is 8.58. The van der Waals surface area contributed by atoms with E-state index in [-0.39, 0.29) is 5.91 Å². The lowest BCUT2D eigenvalue weighted by Gasteiger charge is -2.19. The number of rotatable bonds is 3. The number of benzene rings is 2. The molecule has 1 amide bonds. The van der Waals surface area contributed by atoms with Gasteiger partial charge in [0.15, 0.2) is 4.32 Å². The summed E-state index contributed by atoms with van der Waals surface area (Å²) < 4.78 is 6.42. The minimum absolute atomic E-state index is 0.131. The van der Waals surface area contributed by atoms with Gasteiger partial charge in [-0.05, 0) is 49.2 Å². The van der Waals surface area contributed by atoms with E-state index in [0.717, 1.165) is 22.4 Å². The number of aryl methyl sites for hydroxylation is 2. The Kier molecular flexibility index (Phi) is 5.15. The van der Waals surface area contributed by atoms with Crippen molar-refractivity contribution in [3.63, 3.8) is 0 Å². The van der Waals surface area contributed by atoms with Gasteiger partial charge in [0.05, 0.1) is 10.6 Å². The van der Waals surface area contributed by atoms with Crippen molar-refractivity contribution >= 4 is 57.6 Å². The maximum absolute atomic E-state index is 13.0. The molecule has 0 spiro atoms. The number of thiocarbonyl (C=S) groups is 1. The van der Waals surface area contributed by atoms with E-state index in [1.54, 1.807) is 11.0 Å². The zero-order chi connectivity index (χ0) is 19.8. The Hall–Kier alpha value is -2.34. The van der Waals surface area contributed by atoms with Gasteiger partial charge in [0.25, 0.3) is 5.91 Å². The lowest BCUT2D eigenvalue weighted by Crippen LogP contribution is -2.29. The summed E-state index contributed by atoms with van der Waals surface area (Å²) in [7, 11) is 0. The van der Waals surface area contributed by atoms with Gasteiger partial charge >= 0.3 is 0 Å². The highest BCUT2D eigenvalue weighted by atomic mass is 35.5. The van der Waals surface area contributed by atoms with Crippen molar-refractivity contribution in [2.45, 2.75) is 13.8 Å². The summed E-state index contributed by atoms with van der Waals surface area (Å²) in [6.45, 7) is 3.96. The average molecular weight is 426 g/mol. The van der Waals surface area contributed by atoms with Crippen molar-refractivity contribution < 1.29 is 9.21 Å². The number of halogens is 1. The van der Waals surface area contributed by atoms with Crippen molar-refractivity contribution in [2.24, 2.45) is 0 Å². The Bertz CT molecular complexity index is 1110. The van der Waals surface area contributed by atoms with Crippen molar-refractivity contribution in [3.05, 3.63) is 81.4 Å². The quantitative estimate of drug-likeness (QED) is 0.348. The number of amides is 1. The normalized spacial score (nSPS) is 15.7. The van der Waals surface area contributed by atoms with Gasteiger partial charge in [-0.15, -0.1) is 0 Å². The SMILES string of the molecule is Cc1cccc(C)c1N1C(=O)/C(=C\c2ccc(-c3cccc(Cl)c3)o2)SC1=S. The molecule has 0 aliphatic carbocycles. The maximum Gasteiger partial charge on any atom is 0.270 e. The standard InChI is InChI=1S/C22H16ClNO2S2/c1-13-5-3-6-14(2)20(13)24-21(25)19(28-22(24)27)12-17-9-10-18(26-17)15-7-4-8-16(23)11-15/h3-12H,1-2H3/b19-12+. The number of anilines is 1. The molecule has 3 nitrogen and oxygen atoms in total. The number of carbonyl (C=O) groups excluding carboxylic acids is 1. The summed E-state index contributed by atoms with van der Waals surface area (Å²) in [4.78, 5) is 15.2. The van der Waals surface area contributed by atoms with E-state index in [1.807, 2.05) is 68.4 Å². The summed E-state index contributed by atoms with van der Waals surface area (Å²) in [5.74, 6) is 1.16. The van der Waals surface area contributed by atoms with Crippen molar-refractivity contribution in [3.8, 4) is 11.3 Å². The molecule has 2 heterocycles. The summed E-state index contributed by atoms with van der Waals surface area (Å²) in [5, 5.41) is 0.643. The summed E-state index contributed by atoms with van der Waals surface area (Å²) in [6, 6.07) is 17.1. The molecule has 1 aliphatic heterocycles. The van der Waals surface area contributed by atoms with Crippen LogP contribution in [0.4, 0.5) is 5.69 Å². The van der Waals surface area contributed by atoms with Gasteiger partial charge in [-0.3, -0.25) is 9.69 Å². The van der Waals surface area contributed by atoms with Gasteiger partial charge in [0.1, 0.15) is 11.5 Å². The first kappa shape index (κ1) is 19.0. The molecule has 28 heavy (non-hydrogen) atoms. The first-order chi connectivity index (χ1) is 13.4. The third kappa shape index (κ3) is 3.53. The smallest absolute Gasteiger partial charge is 0.270 e. The van der Waals surface area contributed by atoms with E-state index in [1.165, 1.54) is 11.8 Å². The van der Waals surface area contributed by atoms with Gasteiger partial charge in [0.2, 0.25) is 0 Å². The Balaban J connectivity index is 1.65. The van der Waals surface area contributed by atoms with Crippen LogP contribution in [0.2, 0.25) is 5.02 Å². The van der Waals surface area contributed by atoms with Crippen LogP contribution in [0.3, 0.4) is 0 Å². The third-order valence-corrected chi connectivity index (χ3v) is 6.00. The monoisotopic (exact) mass is 425 g/mol. The highest BCUT2D eigenvalue weighted by Gasteiger charge is 2.35. The van der Waals surface area contributed by atoms with Gasteiger partial charge in [-0.25, -0.2) is 0 Å². The third-order valence-electron chi connectivity index (χ3n) is 4.47. The predicted octanol–water partition coefficient (Wildman–Crippen LogP) is 6.62. The van der Waals surface area contributed by atoms with Gasteiger partial charge in [0, 0.05) is 16.7 Å². The van der Waals surface area contributed by atoms with Crippen LogP contribution in [0.15, 0.2) is 63.9 Å². The van der Waals surface area contributed by atoms with E-state index in [4.69, 9.17) is 28.2 Å². The first-order valence-corrected chi connectivity index (χ1v) is 10.2. The number of para-hydroxylation sites is 1. The van der Waals surface area contributed by atoms with Crippen LogP contribution in [-0.4, -0.2) is 10.2 Å². The molecular weight excluding hydrogens is 410 g/mol. The van der Waals surface area contributed by atoms with Crippen molar-refractivity contribution in [2.75, 3.05) is 4.90 Å².